The summed E-state index contributed by atoms with van der Waals surface area (Å²) in [5, 5.41) is 3.73. The molecule has 1 aromatic heterocycles. The van der Waals surface area contributed by atoms with E-state index in [2.05, 4.69) is 58.4 Å². The van der Waals surface area contributed by atoms with Crippen LogP contribution in [0.15, 0.2) is 23.2 Å². The minimum Gasteiger partial charge on any atom is -0.375 e. The zero-order chi connectivity index (χ0) is 18.5. The molecule has 1 fully saturated rings. The third kappa shape index (κ3) is 3.25. The van der Waals surface area contributed by atoms with Gasteiger partial charge in [0.1, 0.15) is 4.67 Å². The number of anilines is 1. The first kappa shape index (κ1) is 18.2. The summed E-state index contributed by atoms with van der Waals surface area (Å²) in [5.74, 6) is 0. The van der Waals surface area contributed by atoms with Gasteiger partial charge in [-0.3, -0.25) is 4.99 Å². The first-order chi connectivity index (χ1) is 12.3. The second-order valence-electron chi connectivity index (χ2n) is 8.69. The molecule has 26 heavy (non-hydrogen) atoms. The lowest BCUT2D eigenvalue weighted by Gasteiger charge is -2.33. The summed E-state index contributed by atoms with van der Waals surface area (Å²) in [6, 6.07) is 8.05. The second kappa shape index (κ2) is 6.77. The van der Waals surface area contributed by atoms with Crippen LogP contribution in [-0.2, 0) is 5.54 Å². The molecule has 2 aromatic rings. The van der Waals surface area contributed by atoms with E-state index in [9.17, 15) is 0 Å². The summed E-state index contributed by atoms with van der Waals surface area (Å²) in [6.45, 7) is 6.75. The van der Waals surface area contributed by atoms with E-state index in [0.29, 0.717) is 6.04 Å². The van der Waals surface area contributed by atoms with Crippen LogP contribution in [0, 0.1) is 6.92 Å². The standard InChI is InChI=1S/C21H29N3S2/c1-13-6-11-17-16(12-13)18-19(21(2,3)23-17)25-26-20(18)22-14-7-9-15(10-8-14)24(4)5/h6,11-12,14-15,23H,7-10H2,1-5H3/p+1. The number of benzene rings is 1. The van der Waals surface area contributed by atoms with Crippen molar-refractivity contribution in [1.82, 2.24) is 0 Å². The second-order valence-corrected chi connectivity index (χ2v) is 10.8. The fraction of sp³-hybridized carbons (Fsp3) is 0.571. The van der Waals surface area contributed by atoms with Crippen molar-refractivity contribution in [1.29, 1.82) is 0 Å². The van der Waals surface area contributed by atoms with Crippen molar-refractivity contribution in [3.63, 3.8) is 0 Å². The van der Waals surface area contributed by atoms with Gasteiger partial charge in [0.15, 0.2) is 0 Å². The Balaban J connectivity index is 1.74. The normalized spacial score (nSPS) is 24.9. The topological polar surface area (TPSA) is 28.8 Å². The Morgan fingerprint density at radius 2 is 1.85 bits per heavy atom. The highest BCUT2D eigenvalue weighted by Crippen LogP contribution is 2.45. The summed E-state index contributed by atoms with van der Waals surface area (Å²) in [6.07, 6.45) is 5.07. The SMILES string of the molecule is Cc1ccc2c(c1)-c1c(ssc1=NC1CCC([NH+](C)C)CC1)C(C)(C)N2. The van der Waals surface area contributed by atoms with Crippen LogP contribution in [0.1, 0.15) is 50.0 Å². The first-order valence-corrected chi connectivity index (χ1v) is 11.9. The fourth-order valence-corrected chi connectivity index (χ4v) is 7.32. The molecule has 2 N–H and O–H groups in total. The van der Waals surface area contributed by atoms with Gasteiger partial charge in [0.25, 0.3) is 0 Å². The quantitative estimate of drug-likeness (QED) is 0.753. The van der Waals surface area contributed by atoms with Gasteiger partial charge in [0.2, 0.25) is 0 Å². The Bertz CT molecular complexity index is 868. The van der Waals surface area contributed by atoms with Gasteiger partial charge in [0.05, 0.1) is 36.6 Å². The van der Waals surface area contributed by atoms with E-state index in [-0.39, 0.29) is 5.54 Å². The largest absolute Gasteiger partial charge is 0.375 e. The van der Waals surface area contributed by atoms with Crippen molar-refractivity contribution in [2.45, 2.75) is 64.1 Å². The highest BCUT2D eigenvalue weighted by molar-refractivity contribution is 7.68. The summed E-state index contributed by atoms with van der Waals surface area (Å²) < 4.78 is 1.26. The van der Waals surface area contributed by atoms with E-state index in [0.717, 1.165) is 6.04 Å². The van der Waals surface area contributed by atoms with E-state index in [1.807, 2.05) is 20.7 Å². The Morgan fingerprint density at radius 3 is 2.54 bits per heavy atom. The zero-order valence-corrected chi connectivity index (χ0v) is 18.1. The minimum absolute atomic E-state index is 0.0293. The monoisotopic (exact) mass is 388 g/mol. The van der Waals surface area contributed by atoms with Crippen LogP contribution in [0.3, 0.4) is 0 Å². The molecule has 2 aliphatic rings. The smallest absolute Gasteiger partial charge is 0.130 e. The zero-order valence-electron chi connectivity index (χ0n) is 16.5. The molecular weight excluding hydrogens is 358 g/mol. The van der Waals surface area contributed by atoms with E-state index < -0.39 is 0 Å². The Hall–Kier alpha value is -1.17. The molecular formula is C21H30N3S2+. The molecule has 0 bridgehead atoms. The van der Waals surface area contributed by atoms with Crippen molar-refractivity contribution < 1.29 is 4.90 Å². The summed E-state index contributed by atoms with van der Waals surface area (Å²) in [4.78, 5) is 8.30. The molecule has 1 aliphatic carbocycles. The van der Waals surface area contributed by atoms with Crippen LogP contribution in [-0.4, -0.2) is 26.2 Å². The minimum atomic E-state index is -0.0293. The van der Waals surface area contributed by atoms with E-state index in [1.54, 1.807) is 4.90 Å². The van der Waals surface area contributed by atoms with Crippen molar-refractivity contribution >= 4 is 26.4 Å². The molecule has 1 saturated carbocycles. The number of hydrogen-bond donors (Lipinski definition) is 2. The van der Waals surface area contributed by atoms with Gasteiger partial charge in [-0.2, -0.15) is 0 Å². The van der Waals surface area contributed by atoms with Crippen LogP contribution < -0.4 is 14.9 Å². The third-order valence-corrected chi connectivity index (χ3v) is 8.57. The number of quaternary nitrogens is 1. The molecule has 5 heteroatoms. The average molecular weight is 389 g/mol. The number of hydrogen-bond acceptors (Lipinski definition) is 4. The third-order valence-electron chi connectivity index (χ3n) is 5.92. The summed E-state index contributed by atoms with van der Waals surface area (Å²) in [5.41, 5.74) is 5.26. The Kier molecular flexibility index (Phi) is 4.74. The van der Waals surface area contributed by atoms with Crippen LogP contribution in [0.2, 0.25) is 0 Å². The van der Waals surface area contributed by atoms with Crippen molar-refractivity contribution in [3.05, 3.63) is 33.3 Å². The Morgan fingerprint density at radius 1 is 1.12 bits per heavy atom. The summed E-state index contributed by atoms with van der Waals surface area (Å²) in [7, 11) is 8.34. The Labute approximate surface area is 164 Å². The lowest BCUT2D eigenvalue weighted by Crippen LogP contribution is -3.10. The van der Waals surface area contributed by atoms with Crippen molar-refractivity contribution in [2.75, 3.05) is 19.4 Å². The number of aryl methyl sites for hydroxylation is 1. The molecule has 0 atom stereocenters. The lowest BCUT2D eigenvalue weighted by atomic mass is 9.88. The fourth-order valence-electron chi connectivity index (χ4n) is 4.32. The maximum atomic E-state index is 5.27. The maximum Gasteiger partial charge on any atom is 0.130 e. The first-order valence-electron chi connectivity index (χ1n) is 9.72. The maximum absolute atomic E-state index is 5.27. The molecule has 0 spiro atoms. The lowest BCUT2D eigenvalue weighted by molar-refractivity contribution is -0.887. The molecule has 0 radical (unpaired) electrons. The van der Waals surface area contributed by atoms with Crippen LogP contribution >= 0.6 is 20.7 Å². The summed E-state index contributed by atoms with van der Waals surface area (Å²) >= 11 is 0. The van der Waals surface area contributed by atoms with Gasteiger partial charge < -0.3 is 10.2 Å². The molecule has 2 heterocycles. The van der Waals surface area contributed by atoms with Gasteiger partial charge in [-0.15, -0.1) is 0 Å². The molecule has 0 unspecified atom stereocenters. The van der Waals surface area contributed by atoms with Gasteiger partial charge >= 0.3 is 0 Å². The van der Waals surface area contributed by atoms with E-state index in [4.69, 9.17) is 4.99 Å². The van der Waals surface area contributed by atoms with Gasteiger partial charge in [-0.25, -0.2) is 0 Å². The number of rotatable bonds is 2. The molecule has 0 saturated heterocycles. The predicted molar refractivity (Wildman–Crippen MR) is 113 cm³/mol. The van der Waals surface area contributed by atoms with Gasteiger partial charge in [-0.1, -0.05) is 32.3 Å². The highest BCUT2D eigenvalue weighted by Gasteiger charge is 2.34. The van der Waals surface area contributed by atoms with Crippen LogP contribution in [0.5, 0.6) is 0 Å². The van der Waals surface area contributed by atoms with E-state index >= 15 is 0 Å². The number of fused-ring (bicyclic) bond motifs is 3. The molecule has 1 aromatic carbocycles. The number of nitrogens with one attached hydrogen (secondary N) is 2. The molecule has 1 aliphatic heterocycles. The van der Waals surface area contributed by atoms with Crippen LogP contribution in [0.25, 0.3) is 11.1 Å². The number of nitrogens with zero attached hydrogens (tertiary/aromatic N) is 1. The van der Waals surface area contributed by atoms with Gasteiger partial charge in [-0.05, 0) is 45.7 Å². The van der Waals surface area contributed by atoms with Crippen LogP contribution in [0.4, 0.5) is 5.69 Å². The molecule has 4 rings (SSSR count). The average Bonchev–Trinajstić information content (AvgIpc) is 3.01. The highest BCUT2D eigenvalue weighted by atomic mass is 32.9. The predicted octanol–water partition coefficient (Wildman–Crippen LogP) is 3.80. The van der Waals surface area contributed by atoms with Gasteiger partial charge in [0, 0.05) is 29.7 Å². The molecule has 0 amide bonds. The molecule has 140 valence electrons. The van der Waals surface area contributed by atoms with E-state index in [1.165, 1.54) is 57.6 Å². The van der Waals surface area contributed by atoms with Crippen molar-refractivity contribution in [2.24, 2.45) is 4.99 Å². The molecule has 3 nitrogen and oxygen atoms in total. The van der Waals surface area contributed by atoms with Crippen molar-refractivity contribution in [3.8, 4) is 11.1 Å².